The Morgan fingerprint density at radius 1 is 1.42 bits per heavy atom. The molecule has 1 aromatic rings. The molecule has 0 heterocycles. The quantitative estimate of drug-likeness (QED) is 0.572. The van der Waals surface area contributed by atoms with Crippen LogP contribution in [0.15, 0.2) is 30.3 Å². The van der Waals surface area contributed by atoms with Crippen LogP contribution in [0, 0.1) is 0 Å². The summed E-state index contributed by atoms with van der Waals surface area (Å²) < 4.78 is 15.9. The summed E-state index contributed by atoms with van der Waals surface area (Å²) in [6.07, 6.45) is -0.992. The van der Waals surface area contributed by atoms with Gasteiger partial charge >= 0.3 is 0 Å². The average molecular weight is 185 g/mol. The van der Waals surface area contributed by atoms with Crippen LogP contribution >= 0.6 is 8.03 Å². The first-order valence-corrected chi connectivity index (χ1v) is 4.75. The van der Waals surface area contributed by atoms with Crippen molar-refractivity contribution in [2.24, 2.45) is 0 Å². The van der Waals surface area contributed by atoms with Gasteiger partial charge in [0.1, 0.15) is 0 Å². The van der Waals surface area contributed by atoms with Crippen molar-refractivity contribution in [1.82, 2.24) is 0 Å². The van der Waals surface area contributed by atoms with Crippen LogP contribution in [0.1, 0.15) is 6.92 Å². The second-order valence-corrected chi connectivity index (χ2v) is 3.54. The van der Waals surface area contributed by atoms with Gasteiger partial charge in [-0.1, -0.05) is 18.2 Å². The Bertz CT molecular complexity index is 258. The summed E-state index contributed by atoms with van der Waals surface area (Å²) in [6.45, 7) is 1.43. The second kappa shape index (κ2) is 4.31. The molecule has 1 radical (unpaired) electrons. The van der Waals surface area contributed by atoms with Crippen LogP contribution in [0.5, 0.6) is 0 Å². The molecule has 0 spiro atoms. The van der Waals surface area contributed by atoms with Crippen molar-refractivity contribution in [3.8, 4) is 0 Å². The molecule has 0 fully saturated rings. The van der Waals surface area contributed by atoms with Crippen LogP contribution in [0.4, 0.5) is 0 Å². The topological polar surface area (TPSA) is 46.5 Å². The molecule has 0 bridgehead atoms. The summed E-state index contributed by atoms with van der Waals surface area (Å²) in [7, 11) is -1.92. The lowest BCUT2D eigenvalue weighted by Gasteiger charge is -2.03. The van der Waals surface area contributed by atoms with Crippen molar-refractivity contribution in [3.05, 3.63) is 30.3 Å². The van der Waals surface area contributed by atoms with Crippen molar-refractivity contribution >= 4 is 13.3 Å². The van der Waals surface area contributed by atoms with E-state index in [0.717, 1.165) is 0 Å². The third-order valence-electron chi connectivity index (χ3n) is 1.22. The van der Waals surface area contributed by atoms with Gasteiger partial charge in [0.15, 0.2) is 6.29 Å². The predicted octanol–water partition coefficient (Wildman–Crippen LogP) is 1.41. The van der Waals surface area contributed by atoms with Crippen LogP contribution < -0.4 is 5.30 Å². The Morgan fingerprint density at radius 3 is 2.50 bits per heavy atom. The first-order chi connectivity index (χ1) is 5.70. The van der Waals surface area contributed by atoms with Gasteiger partial charge in [-0.2, -0.15) is 0 Å². The number of hydrogen-bond acceptors (Lipinski definition) is 3. The Labute approximate surface area is 71.9 Å². The van der Waals surface area contributed by atoms with Crippen LogP contribution in [-0.4, -0.2) is 11.4 Å². The highest BCUT2D eigenvalue weighted by molar-refractivity contribution is 7.48. The molecule has 1 aromatic carbocycles. The molecular formula is C8H10O3P. The first kappa shape index (κ1) is 9.33. The molecule has 0 aliphatic heterocycles. The zero-order valence-electron chi connectivity index (χ0n) is 6.68. The van der Waals surface area contributed by atoms with Crippen LogP contribution in [0.25, 0.3) is 0 Å². The fourth-order valence-corrected chi connectivity index (χ4v) is 1.56. The molecule has 0 amide bonds. The molecular weight excluding hydrogens is 175 g/mol. The van der Waals surface area contributed by atoms with Gasteiger partial charge < -0.3 is 5.11 Å². The van der Waals surface area contributed by atoms with E-state index in [0.29, 0.717) is 5.30 Å². The predicted molar refractivity (Wildman–Crippen MR) is 46.4 cm³/mol. The van der Waals surface area contributed by atoms with Gasteiger partial charge in [-0.25, -0.2) is 4.57 Å². The lowest BCUT2D eigenvalue weighted by molar-refractivity contribution is 0.00788. The molecule has 3 nitrogen and oxygen atoms in total. The van der Waals surface area contributed by atoms with Crippen molar-refractivity contribution in [3.63, 3.8) is 0 Å². The average Bonchev–Trinajstić information content (AvgIpc) is 2.05. The van der Waals surface area contributed by atoms with Crippen molar-refractivity contribution in [2.45, 2.75) is 13.2 Å². The molecule has 0 aliphatic carbocycles. The van der Waals surface area contributed by atoms with E-state index < -0.39 is 14.3 Å². The van der Waals surface area contributed by atoms with Crippen LogP contribution in [0.2, 0.25) is 0 Å². The zero-order valence-corrected chi connectivity index (χ0v) is 7.57. The fourth-order valence-electron chi connectivity index (χ4n) is 0.749. The van der Waals surface area contributed by atoms with Gasteiger partial charge in [-0.15, -0.1) is 0 Å². The maximum Gasteiger partial charge on any atom is 0.249 e. The molecule has 2 unspecified atom stereocenters. The van der Waals surface area contributed by atoms with E-state index in [-0.39, 0.29) is 0 Å². The molecule has 0 saturated carbocycles. The minimum Gasteiger partial charge on any atom is -0.367 e. The molecule has 0 saturated heterocycles. The molecule has 12 heavy (non-hydrogen) atoms. The van der Waals surface area contributed by atoms with Gasteiger partial charge in [0.2, 0.25) is 8.03 Å². The number of hydrogen-bond donors (Lipinski definition) is 1. The molecule has 2 atom stereocenters. The highest BCUT2D eigenvalue weighted by Gasteiger charge is 2.06. The first-order valence-electron chi connectivity index (χ1n) is 3.57. The van der Waals surface area contributed by atoms with E-state index in [2.05, 4.69) is 0 Å². The van der Waals surface area contributed by atoms with Gasteiger partial charge in [-0.3, -0.25) is 4.52 Å². The van der Waals surface area contributed by atoms with E-state index in [4.69, 9.17) is 9.63 Å². The fraction of sp³-hybridized carbons (Fsp3) is 0.250. The third kappa shape index (κ3) is 2.70. The minimum absolute atomic E-state index is 0.591. The number of rotatable bonds is 3. The van der Waals surface area contributed by atoms with Crippen molar-refractivity contribution in [1.29, 1.82) is 0 Å². The van der Waals surface area contributed by atoms with Gasteiger partial charge in [0, 0.05) is 0 Å². The van der Waals surface area contributed by atoms with Crippen LogP contribution in [-0.2, 0) is 9.09 Å². The van der Waals surface area contributed by atoms with E-state index in [1.165, 1.54) is 6.92 Å². The molecule has 1 N–H and O–H groups in total. The van der Waals surface area contributed by atoms with Gasteiger partial charge in [0.05, 0.1) is 5.30 Å². The van der Waals surface area contributed by atoms with Gasteiger partial charge in [0.25, 0.3) is 0 Å². The number of aliphatic hydroxyl groups is 1. The molecule has 65 valence electrons. The standard InChI is InChI=1S/C8H10O3P/c1-7(9)11-12(10)8-5-3-2-4-6-8/h2-7,9H,1H3. The Balaban J connectivity index is 2.66. The molecule has 0 aliphatic rings. The monoisotopic (exact) mass is 185 g/mol. The third-order valence-corrected chi connectivity index (χ3v) is 2.43. The summed E-state index contributed by atoms with van der Waals surface area (Å²) in [5.74, 6) is 0. The van der Waals surface area contributed by atoms with Crippen molar-refractivity contribution < 1.29 is 14.2 Å². The lowest BCUT2D eigenvalue weighted by Crippen LogP contribution is -2.05. The van der Waals surface area contributed by atoms with E-state index in [1.807, 2.05) is 6.07 Å². The summed E-state index contributed by atoms with van der Waals surface area (Å²) in [5.41, 5.74) is 0. The molecule has 1 rings (SSSR count). The summed E-state index contributed by atoms with van der Waals surface area (Å²) in [5, 5.41) is 9.37. The smallest absolute Gasteiger partial charge is 0.249 e. The Morgan fingerprint density at radius 2 is 2.00 bits per heavy atom. The van der Waals surface area contributed by atoms with Gasteiger partial charge in [-0.05, 0) is 19.1 Å². The Kier molecular flexibility index (Phi) is 3.35. The van der Waals surface area contributed by atoms with Crippen LogP contribution in [0.3, 0.4) is 0 Å². The summed E-state index contributed by atoms with van der Waals surface area (Å²) >= 11 is 0. The van der Waals surface area contributed by atoms with E-state index in [1.54, 1.807) is 24.3 Å². The maximum absolute atomic E-state index is 11.2. The van der Waals surface area contributed by atoms with E-state index >= 15 is 0 Å². The molecule has 0 aromatic heterocycles. The summed E-state index contributed by atoms with van der Waals surface area (Å²) in [4.78, 5) is 0. The lowest BCUT2D eigenvalue weighted by atomic mass is 10.4. The normalized spacial score (nSPS) is 14.0. The largest absolute Gasteiger partial charge is 0.367 e. The second-order valence-electron chi connectivity index (χ2n) is 2.30. The van der Waals surface area contributed by atoms with E-state index in [9.17, 15) is 4.57 Å². The number of aliphatic hydroxyl groups excluding tert-OH is 1. The highest BCUT2D eigenvalue weighted by atomic mass is 31.1. The SMILES string of the molecule is CC(O)O[P](=O)c1ccccc1. The number of benzene rings is 1. The maximum atomic E-state index is 11.2. The molecule has 4 heteroatoms. The highest BCUT2D eigenvalue weighted by Crippen LogP contribution is 2.22. The minimum atomic E-state index is -1.92. The zero-order chi connectivity index (χ0) is 8.97. The summed E-state index contributed by atoms with van der Waals surface area (Å²) in [6, 6.07) is 8.76. The van der Waals surface area contributed by atoms with Crippen molar-refractivity contribution in [2.75, 3.05) is 0 Å². The Hall–Kier alpha value is -0.760.